The Bertz CT molecular complexity index is 630. The summed E-state index contributed by atoms with van der Waals surface area (Å²) in [7, 11) is 2.65. The number of carboxylic acid groups (broad SMARTS) is 1. The van der Waals surface area contributed by atoms with Crippen molar-refractivity contribution in [3.8, 4) is 17.6 Å². The monoisotopic (exact) mass is 278 g/mol. The van der Waals surface area contributed by atoms with Crippen molar-refractivity contribution >= 4 is 17.7 Å². The van der Waals surface area contributed by atoms with Crippen LogP contribution < -0.4 is 9.47 Å². The number of carboxylic acids is 1. The molecule has 0 saturated carbocycles. The molecule has 1 aromatic carbocycles. The highest BCUT2D eigenvalue weighted by atomic mass is 16.6. The summed E-state index contributed by atoms with van der Waals surface area (Å²) >= 11 is 0. The molecular weight excluding hydrogens is 268 g/mol. The van der Waals surface area contributed by atoms with Crippen LogP contribution in [0.4, 0.5) is 5.69 Å². The van der Waals surface area contributed by atoms with Gasteiger partial charge in [-0.1, -0.05) is 0 Å². The zero-order valence-corrected chi connectivity index (χ0v) is 10.6. The van der Waals surface area contributed by atoms with Gasteiger partial charge in [0, 0.05) is 0 Å². The lowest BCUT2D eigenvalue weighted by Gasteiger charge is -2.08. The van der Waals surface area contributed by atoms with Crippen molar-refractivity contribution in [2.45, 2.75) is 0 Å². The lowest BCUT2D eigenvalue weighted by molar-refractivity contribution is -0.385. The summed E-state index contributed by atoms with van der Waals surface area (Å²) < 4.78 is 9.91. The molecule has 0 atom stereocenters. The molecule has 8 heteroatoms. The fraction of sp³-hybridized carbons (Fsp3) is 0.167. The molecule has 0 aliphatic heterocycles. The molecule has 0 bridgehead atoms. The molecule has 0 aliphatic rings. The van der Waals surface area contributed by atoms with Crippen molar-refractivity contribution in [2.75, 3.05) is 14.2 Å². The smallest absolute Gasteiger partial charge is 0.346 e. The number of aliphatic carboxylic acids is 1. The average molecular weight is 278 g/mol. The number of hydrogen-bond acceptors (Lipinski definition) is 6. The van der Waals surface area contributed by atoms with E-state index in [0.29, 0.717) is 0 Å². The molecule has 0 spiro atoms. The summed E-state index contributed by atoms with van der Waals surface area (Å²) in [4.78, 5) is 21.1. The second-order valence-electron chi connectivity index (χ2n) is 3.50. The molecule has 0 amide bonds. The second-order valence-corrected chi connectivity index (χ2v) is 3.50. The van der Waals surface area contributed by atoms with Gasteiger partial charge in [-0.2, -0.15) is 5.26 Å². The maximum atomic E-state index is 11.0. The van der Waals surface area contributed by atoms with Crippen LogP contribution in [0.5, 0.6) is 11.5 Å². The Morgan fingerprint density at radius 3 is 2.35 bits per heavy atom. The van der Waals surface area contributed by atoms with E-state index >= 15 is 0 Å². The molecule has 0 saturated heterocycles. The van der Waals surface area contributed by atoms with Crippen LogP contribution in [0.25, 0.3) is 6.08 Å². The van der Waals surface area contributed by atoms with Crippen LogP contribution in [0.2, 0.25) is 0 Å². The fourth-order valence-corrected chi connectivity index (χ4v) is 1.46. The van der Waals surface area contributed by atoms with Gasteiger partial charge in [0.2, 0.25) is 0 Å². The van der Waals surface area contributed by atoms with Crippen LogP contribution in [0.3, 0.4) is 0 Å². The van der Waals surface area contributed by atoms with Gasteiger partial charge in [0.25, 0.3) is 5.69 Å². The molecule has 0 aromatic heterocycles. The van der Waals surface area contributed by atoms with E-state index in [1.807, 2.05) is 0 Å². The first-order valence-electron chi connectivity index (χ1n) is 5.20. The Hall–Kier alpha value is -3.08. The molecular formula is C12H10N2O6. The van der Waals surface area contributed by atoms with Gasteiger partial charge in [0.05, 0.1) is 30.8 Å². The highest BCUT2D eigenvalue weighted by Crippen LogP contribution is 2.35. The minimum atomic E-state index is -1.48. The third-order valence-electron chi connectivity index (χ3n) is 2.38. The minimum absolute atomic E-state index is 0.0633. The Morgan fingerprint density at radius 1 is 1.40 bits per heavy atom. The third kappa shape index (κ3) is 3.02. The molecule has 1 rings (SSSR count). The molecule has 0 radical (unpaired) electrons. The zero-order chi connectivity index (χ0) is 15.3. The van der Waals surface area contributed by atoms with Crippen molar-refractivity contribution in [2.24, 2.45) is 0 Å². The highest BCUT2D eigenvalue weighted by Gasteiger charge is 2.19. The molecule has 0 heterocycles. The average Bonchev–Trinajstić information content (AvgIpc) is 2.43. The first-order chi connectivity index (χ1) is 9.44. The number of nitrogens with zero attached hydrogens (tertiary/aromatic N) is 2. The van der Waals surface area contributed by atoms with Gasteiger partial charge < -0.3 is 14.6 Å². The van der Waals surface area contributed by atoms with Crippen molar-refractivity contribution in [1.29, 1.82) is 5.26 Å². The summed E-state index contributed by atoms with van der Waals surface area (Å²) in [5.74, 6) is -1.16. The molecule has 0 aliphatic carbocycles. The van der Waals surface area contributed by atoms with Crippen molar-refractivity contribution < 1.29 is 24.3 Å². The Kier molecular flexibility index (Phi) is 4.64. The number of nitro benzene ring substituents is 1. The number of hydrogen-bond donors (Lipinski definition) is 1. The van der Waals surface area contributed by atoms with Gasteiger partial charge in [-0.05, 0) is 12.1 Å². The number of benzene rings is 1. The van der Waals surface area contributed by atoms with E-state index in [9.17, 15) is 14.9 Å². The van der Waals surface area contributed by atoms with Gasteiger partial charge in [-0.15, -0.1) is 0 Å². The Morgan fingerprint density at radius 2 is 1.95 bits per heavy atom. The summed E-state index contributed by atoms with van der Waals surface area (Å²) in [6.45, 7) is 0. The van der Waals surface area contributed by atoms with E-state index in [-0.39, 0.29) is 17.1 Å². The summed E-state index contributed by atoms with van der Waals surface area (Å²) in [6, 6.07) is 3.78. The van der Waals surface area contributed by atoms with E-state index in [1.54, 1.807) is 0 Å². The summed E-state index contributed by atoms with van der Waals surface area (Å²) in [5, 5.41) is 28.4. The number of ether oxygens (including phenoxy) is 2. The Labute approximate surface area is 113 Å². The van der Waals surface area contributed by atoms with Crippen LogP contribution in [-0.4, -0.2) is 30.2 Å². The summed E-state index contributed by atoms with van der Waals surface area (Å²) in [5.41, 5.74) is -1.08. The maximum Gasteiger partial charge on any atom is 0.346 e. The van der Waals surface area contributed by atoms with E-state index in [4.69, 9.17) is 19.8 Å². The van der Waals surface area contributed by atoms with Gasteiger partial charge in [0.15, 0.2) is 11.5 Å². The van der Waals surface area contributed by atoms with Crippen molar-refractivity contribution in [3.05, 3.63) is 33.4 Å². The molecule has 104 valence electrons. The summed E-state index contributed by atoms with van der Waals surface area (Å²) in [6.07, 6.45) is 0.905. The number of nitriles is 1. The van der Waals surface area contributed by atoms with Crippen LogP contribution in [0.1, 0.15) is 5.56 Å². The van der Waals surface area contributed by atoms with Crippen LogP contribution in [-0.2, 0) is 4.79 Å². The molecule has 8 nitrogen and oxygen atoms in total. The highest BCUT2D eigenvalue weighted by molar-refractivity contribution is 5.97. The predicted octanol–water partition coefficient (Wildman–Crippen LogP) is 1.60. The Balaban J connectivity index is 3.56. The zero-order valence-electron chi connectivity index (χ0n) is 10.6. The first kappa shape index (κ1) is 15.0. The number of carbonyl (C=O) groups is 1. The standard InChI is InChI=1S/C12H10N2O6/c1-19-10-4-7(3-8(6-13)12(15)16)9(14(17)18)5-11(10)20-2/h3-5H,1-2H3,(H,15,16)/b8-3+. The third-order valence-corrected chi connectivity index (χ3v) is 2.38. The minimum Gasteiger partial charge on any atom is -0.493 e. The van der Waals surface area contributed by atoms with Crippen molar-refractivity contribution in [3.63, 3.8) is 0 Å². The van der Waals surface area contributed by atoms with Gasteiger partial charge in [-0.25, -0.2) is 4.79 Å². The number of rotatable bonds is 5. The van der Waals surface area contributed by atoms with Crippen molar-refractivity contribution in [1.82, 2.24) is 0 Å². The quantitative estimate of drug-likeness (QED) is 0.375. The van der Waals surface area contributed by atoms with E-state index in [1.165, 1.54) is 26.4 Å². The number of nitro groups is 1. The van der Waals surface area contributed by atoms with E-state index < -0.39 is 22.2 Å². The molecule has 1 aromatic rings. The van der Waals surface area contributed by atoms with Crippen LogP contribution in [0, 0.1) is 21.4 Å². The molecule has 1 N–H and O–H groups in total. The lowest BCUT2D eigenvalue weighted by Crippen LogP contribution is -2.00. The van der Waals surface area contributed by atoms with Crippen LogP contribution >= 0.6 is 0 Å². The molecule has 0 fully saturated rings. The molecule has 0 unspecified atom stereocenters. The lowest BCUT2D eigenvalue weighted by atomic mass is 10.1. The molecule has 20 heavy (non-hydrogen) atoms. The van der Waals surface area contributed by atoms with E-state index in [0.717, 1.165) is 12.1 Å². The fourth-order valence-electron chi connectivity index (χ4n) is 1.46. The normalized spacial score (nSPS) is 10.6. The van der Waals surface area contributed by atoms with Gasteiger partial charge >= 0.3 is 5.97 Å². The van der Waals surface area contributed by atoms with Gasteiger partial charge in [-0.3, -0.25) is 10.1 Å². The van der Waals surface area contributed by atoms with E-state index in [2.05, 4.69) is 0 Å². The largest absolute Gasteiger partial charge is 0.493 e. The van der Waals surface area contributed by atoms with Crippen LogP contribution in [0.15, 0.2) is 17.7 Å². The first-order valence-corrected chi connectivity index (χ1v) is 5.20. The SMILES string of the molecule is COc1cc(/C=C(\C#N)C(=O)O)c([N+](=O)[O-])cc1OC. The number of methoxy groups -OCH3 is 2. The topological polar surface area (TPSA) is 123 Å². The van der Waals surface area contributed by atoms with Gasteiger partial charge in [0.1, 0.15) is 11.6 Å². The predicted molar refractivity (Wildman–Crippen MR) is 67.4 cm³/mol. The maximum absolute atomic E-state index is 11.0. The second kappa shape index (κ2) is 6.19.